The standard InChI is InChI=1S/C60H100NO7P/c1-6-8-10-12-14-16-18-20-22-24-26-28-30-32-34-36-38-40-42-44-46-48-50-52-55-65-57-59(58-67-69(63,64)66-56-54-61(3,4)5)68-60(62)53-51-49-47-45-43-41-39-37-35-33-31-29-27-25-23-21-19-17-15-13-11-9-7-2/h8-11,14-17,20-23,26-29,32-35,38,40,59H,6-7,12-13,18-19,24-25,30-31,36-37,39,41-58H2,1-5H3/b10-8-,11-9-,16-14-,17-15-,22-20-,23-21-,28-26-,29-27-,34-32-,35-33-,40-38-. The average Bonchev–Trinajstić information content (AvgIpc) is 3.31. The van der Waals surface area contributed by atoms with Gasteiger partial charge in [0.05, 0.1) is 34.4 Å². The average molecular weight is 978 g/mol. The van der Waals surface area contributed by atoms with Gasteiger partial charge in [-0.25, -0.2) is 0 Å². The highest BCUT2D eigenvalue weighted by Gasteiger charge is 2.20. The van der Waals surface area contributed by atoms with E-state index in [1.807, 2.05) is 21.1 Å². The second kappa shape index (κ2) is 51.0. The Labute approximate surface area is 424 Å². The minimum atomic E-state index is -4.55. The van der Waals surface area contributed by atoms with E-state index in [2.05, 4.69) is 148 Å². The molecule has 2 atom stereocenters. The number of phosphoric ester groups is 1. The molecule has 0 saturated heterocycles. The SMILES string of the molecule is CC/C=C\C/C=C\C/C=C\C/C=C\C/C=C\C/C=C\CCCCCCCOCC(COP(=O)([O-])OCC[N+](C)(C)C)OC(=O)CCCCCCCCC/C=C\C/C=C\C/C=C\C/C=C\C/C=C\CC. The monoisotopic (exact) mass is 978 g/mol. The lowest BCUT2D eigenvalue weighted by atomic mass is 10.1. The summed E-state index contributed by atoms with van der Waals surface area (Å²) < 4.78 is 34.8. The molecule has 0 saturated carbocycles. The Balaban J connectivity index is 4.24. The third-order valence-corrected chi connectivity index (χ3v) is 11.7. The van der Waals surface area contributed by atoms with E-state index >= 15 is 0 Å². The summed E-state index contributed by atoms with van der Waals surface area (Å²) in [4.78, 5) is 25.2. The molecule has 392 valence electrons. The van der Waals surface area contributed by atoms with Crippen molar-refractivity contribution in [2.45, 2.75) is 187 Å². The summed E-state index contributed by atoms with van der Waals surface area (Å²) in [5.41, 5.74) is 0. The number of rotatable bonds is 48. The van der Waals surface area contributed by atoms with Crippen LogP contribution in [0.4, 0.5) is 0 Å². The van der Waals surface area contributed by atoms with Crippen molar-refractivity contribution in [3.05, 3.63) is 134 Å². The Kier molecular flexibility index (Phi) is 48.5. The van der Waals surface area contributed by atoms with Gasteiger partial charge in [0.15, 0.2) is 0 Å². The molecule has 0 aliphatic carbocycles. The van der Waals surface area contributed by atoms with Gasteiger partial charge in [-0.2, -0.15) is 0 Å². The van der Waals surface area contributed by atoms with E-state index in [1.54, 1.807) is 0 Å². The maximum atomic E-state index is 12.8. The summed E-state index contributed by atoms with van der Waals surface area (Å²) in [6.07, 6.45) is 74.8. The van der Waals surface area contributed by atoms with Crippen molar-refractivity contribution in [1.29, 1.82) is 0 Å². The van der Waals surface area contributed by atoms with Crippen LogP contribution in [0.1, 0.15) is 181 Å². The second-order valence-corrected chi connectivity index (χ2v) is 19.9. The van der Waals surface area contributed by atoms with Gasteiger partial charge in [-0.15, -0.1) is 0 Å². The summed E-state index contributed by atoms with van der Waals surface area (Å²) in [6, 6.07) is 0. The molecule has 0 fully saturated rings. The van der Waals surface area contributed by atoms with Gasteiger partial charge in [0.2, 0.25) is 0 Å². The Hall–Kier alpha value is -3.36. The molecule has 0 heterocycles. The van der Waals surface area contributed by atoms with Gasteiger partial charge in [0.25, 0.3) is 7.82 Å². The van der Waals surface area contributed by atoms with Crippen LogP contribution in [-0.4, -0.2) is 70.7 Å². The molecular formula is C60H100NO7P. The van der Waals surface area contributed by atoms with Crippen LogP contribution < -0.4 is 4.89 Å². The number of ether oxygens (including phenoxy) is 2. The van der Waals surface area contributed by atoms with Crippen molar-refractivity contribution in [2.75, 3.05) is 54.1 Å². The van der Waals surface area contributed by atoms with Crippen molar-refractivity contribution in [3.63, 3.8) is 0 Å². The molecule has 69 heavy (non-hydrogen) atoms. The predicted molar refractivity (Wildman–Crippen MR) is 295 cm³/mol. The molecular weight excluding hydrogens is 878 g/mol. The van der Waals surface area contributed by atoms with E-state index in [1.165, 1.54) is 25.7 Å². The lowest BCUT2D eigenvalue weighted by molar-refractivity contribution is -0.870. The molecule has 0 amide bonds. The predicted octanol–water partition coefficient (Wildman–Crippen LogP) is 16.4. The summed E-state index contributed by atoms with van der Waals surface area (Å²) >= 11 is 0. The number of esters is 1. The van der Waals surface area contributed by atoms with E-state index in [0.717, 1.165) is 135 Å². The maximum Gasteiger partial charge on any atom is 0.306 e. The topological polar surface area (TPSA) is 94.1 Å². The highest BCUT2D eigenvalue weighted by molar-refractivity contribution is 7.45. The van der Waals surface area contributed by atoms with E-state index in [4.69, 9.17) is 18.5 Å². The Morgan fingerprint density at radius 2 is 0.797 bits per heavy atom. The van der Waals surface area contributed by atoms with Crippen LogP contribution >= 0.6 is 7.82 Å². The van der Waals surface area contributed by atoms with Crippen molar-refractivity contribution in [2.24, 2.45) is 0 Å². The fourth-order valence-electron chi connectivity index (χ4n) is 6.63. The van der Waals surface area contributed by atoms with Gasteiger partial charge in [-0.05, 0) is 109 Å². The lowest BCUT2D eigenvalue weighted by Gasteiger charge is -2.28. The highest BCUT2D eigenvalue weighted by Crippen LogP contribution is 2.38. The number of hydrogen-bond acceptors (Lipinski definition) is 7. The fourth-order valence-corrected chi connectivity index (χ4v) is 7.36. The summed E-state index contributed by atoms with van der Waals surface area (Å²) in [7, 11) is 1.31. The molecule has 9 heteroatoms. The third kappa shape index (κ3) is 55.4. The molecule has 8 nitrogen and oxygen atoms in total. The number of hydrogen-bond donors (Lipinski definition) is 0. The number of carbonyl (C=O) groups excluding carboxylic acids is 1. The van der Waals surface area contributed by atoms with Crippen LogP contribution in [0, 0.1) is 0 Å². The van der Waals surface area contributed by atoms with Crippen LogP contribution in [0.3, 0.4) is 0 Å². The number of carbonyl (C=O) groups is 1. The first-order chi connectivity index (χ1) is 33.6. The van der Waals surface area contributed by atoms with Crippen LogP contribution in [0.5, 0.6) is 0 Å². The van der Waals surface area contributed by atoms with E-state index in [9.17, 15) is 14.3 Å². The van der Waals surface area contributed by atoms with Gasteiger partial charge >= 0.3 is 5.97 Å². The van der Waals surface area contributed by atoms with Gasteiger partial charge in [0, 0.05) is 13.0 Å². The number of allylic oxidation sites excluding steroid dienone is 22. The smallest absolute Gasteiger partial charge is 0.306 e. The number of unbranched alkanes of at least 4 members (excludes halogenated alkanes) is 12. The first kappa shape index (κ1) is 65.6. The minimum absolute atomic E-state index is 0.0108. The van der Waals surface area contributed by atoms with Crippen molar-refractivity contribution in [1.82, 2.24) is 0 Å². The number of nitrogens with zero attached hydrogens (tertiary/aromatic N) is 1. The summed E-state index contributed by atoms with van der Waals surface area (Å²) in [6.45, 7) is 5.09. The lowest BCUT2D eigenvalue weighted by Crippen LogP contribution is -2.37. The highest BCUT2D eigenvalue weighted by atomic mass is 31.2. The summed E-state index contributed by atoms with van der Waals surface area (Å²) in [5, 5.41) is 0. The summed E-state index contributed by atoms with van der Waals surface area (Å²) in [5.74, 6) is -0.358. The minimum Gasteiger partial charge on any atom is -0.756 e. The Morgan fingerprint density at radius 1 is 0.449 bits per heavy atom. The third-order valence-electron chi connectivity index (χ3n) is 10.7. The van der Waals surface area contributed by atoms with Crippen molar-refractivity contribution < 1.29 is 37.3 Å². The second-order valence-electron chi connectivity index (χ2n) is 18.5. The molecule has 0 aliphatic heterocycles. The maximum absolute atomic E-state index is 12.8. The van der Waals surface area contributed by atoms with Crippen LogP contribution in [0.25, 0.3) is 0 Å². The molecule has 0 radical (unpaired) electrons. The van der Waals surface area contributed by atoms with E-state index < -0.39 is 13.9 Å². The molecule has 0 aromatic rings. The zero-order chi connectivity index (χ0) is 50.5. The molecule has 0 aromatic heterocycles. The molecule has 2 unspecified atom stereocenters. The molecule has 0 N–H and O–H groups in total. The van der Waals surface area contributed by atoms with Crippen LogP contribution in [-0.2, 0) is 27.9 Å². The molecule has 0 aliphatic rings. The first-order valence-corrected chi connectivity index (χ1v) is 28.4. The quantitative estimate of drug-likeness (QED) is 0.0197. The normalized spacial score (nSPS) is 14.6. The van der Waals surface area contributed by atoms with Gasteiger partial charge in [-0.1, -0.05) is 199 Å². The van der Waals surface area contributed by atoms with E-state index in [-0.39, 0.29) is 32.2 Å². The first-order valence-electron chi connectivity index (χ1n) is 26.9. The Bertz CT molecular complexity index is 1560. The van der Waals surface area contributed by atoms with Crippen LogP contribution in [0.15, 0.2) is 134 Å². The molecule has 0 spiro atoms. The van der Waals surface area contributed by atoms with Crippen LogP contribution in [0.2, 0.25) is 0 Å². The van der Waals surface area contributed by atoms with Crippen molar-refractivity contribution in [3.8, 4) is 0 Å². The molecule has 0 aromatic carbocycles. The van der Waals surface area contributed by atoms with Gasteiger partial charge < -0.3 is 27.9 Å². The molecule has 0 bridgehead atoms. The molecule has 0 rings (SSSR count). The zero-order valence-electron chi connectivity index (χ0n) is 44.5. The van der Waals surface area contributed by atoms with Gasteiger partial charge in [0.1, 0.15) is 19.3 Å². The van der Waals surface area contributed by atoms with Gasteiger partial charge in [-0.3, -0.25) is 9.36 Å². The number of phosphoric acid groups is 1. The number of quaternary nitrogens is 1. The number of likely N-dealkylation sites (N-methyl/N-ethyl adjacent to an activating group) is 1. The fraction of sp³-hybridized carbons (Fsp3) is 0.617. The van der Waals surface area contributed by atoms with Crippen molar-refractivity contribution >= 4 is 13.8 Å². The zero-order valence-corrected chi connectivity index (χ0v) is 45.3. The van der Waals surface area contributed by atoms with E-state index in [0.29, 0.717) is 17.6 Å². The largest absolute Gasteiger partial charge is 0.756 e. The Morgan fingerprint density at radius 3 is 1.19 bits per heavy atom.